The monoisotopic (exact) mass is 287 g/mol. The predicted molar refractivity (Wildman–Crippen MR) is 66.9 cm³/mol. The lowest BCUT2D eigenvalue weighted by atomic mass is 10.2. The second kappa shape index (κ2) is 5.52. The van der Waals surface area contributed by atoms with Crippen molar-refractivity contribution in [2.45, 2.75) is 20.1 Å². The summed E-state index contributed by atoms with van der Waals surface area (Å²) in [7, 11) is 0. The molecule has 2 rings (SSSR count). The lowest BCUT2D eigenvalue weighted by Crippen LogP contribution is -2.25. The molecule has 0 bridgehead atoms. The molecule has 0 saturated heterocycles. The van der Waals surface area contributed by atoms with Gasteiger partial charge in [0.15, 0.2) is 11.5 Å². The standard InChI is InChI=1S/C13H15F2NO4/c1-3-18-12(17)8(2)7-16-9-4-5-10-11(6-9)20-13(14,15)19-10/h4-6,8,16H,3,7H2,1-2H3. The summed E-state index contributed by atoms with van der Waals surface area (Å²) in [6.07, 6.45) is -3.63. The summed E-state index contributed by atoms with van der Waals surface area (Å²) >= 11 is 0. The minimum absolute atomic E-state index is 0.0148. The largest absolute Gasteiger partial charge is 0.586 e. The fourth-order valence-electron chi connectivity index (χ4n) is 1.70. The van der Waals surface area contributed by atoms with Crippen LogP contribution in [0.5, 0.6) is 11.5 Å². The topological polar surface area (TPSA) is 56.8 Å². The van der Waals surface area contributed by atoms with Gasteiger partial charge in [-0.3, -0.25) is 4.79 Å². The van der Waals surface area contributed by atoms with Crippen molar-refractivity contribution in [2.75, 3.05) is 18.5 Å². The molecule has 1 atom stereocenters. The molecule has 0 aromatic heterocycles. The van der Waals surface area contributed by atoms with Crippen molar-refractivity contribution in [3.05, 3.63) is 18.2 Å². The number of esters is 1. The van der Waals surface area contributed by atoms with E-state index in [-0.39, 0.29) is 23.4 Å². The Balaban J connectivity index is 1.94. The second-order valence-corrected chi connectivity index (χ2v) is 4.36. The second-order valence-electron chi connectivity index (χ2n) is 4.36. The minimum Gasteiger partial charge on any atom is -0.466 e. The van der Waals surface area contributed by atoms with E-state index in [1.807, 2.05) is 0 Å². The van der Waals surface area contributed by atoms with E-state index >= 15 is 0 Å². The molecule has 1 N–H and O–H groups in total. The van der Waals surface area contributed by atoms with Crippen LogP contribution >= 0.6 is 0 Å². The van der Waals surface area contributed by atoms with E-state index in [1.165, 1.54) is 12.1 Å². The van der Waals surface area contributed by atoms with E-state index < -0.39 is 6.29 Å². The van der Waals surface area contributed by atoms with Gasteiger partial charge in [0, 0.05) is 18.3 Å². The Morgan fingerprint density at radius 1 is 1.40 bits per heavy atom. The van der Waals surface area contributed by atoms with Gasteiger partial charge in [-0.15, -0.1) is 8.78 Å². The Morgan fingerprint density at radius 2 is 2.10 bits per heavy atom. The van der Waals surface area contributed by atoms with Crippen LogP contribution < -0.4 is 14.8 Å². The average Bonchev–Trinajstić information content (AvgIpc) is 2.69. The third kappa shape index (κ3) is 3.28. The number of anilines is 1. The Kier molecular flexibility index (Phi) is 3.96. The molecule has 1 aliphatic heterocycles. The molecule has 0 aliphatic carbocycles. The van der Waals surface area contributed by atoms with Crippen LogP contribution in [0.3, 0.4) is 0 Å². The van der Waals surface area contributed by atoms with Crippen LogP contribution in [0.1, 0.15) is 13.8 Å². The van der Waals surface area contributed by atoms with Gasteiger partial charge in [-0.2, -0.15) is 0 Å². The van der Waals surface area contributed by atoms with Crippen LogP contribution in [-0.4, -0.2) is 25.4 Å². The highest BCUT2D eigenvalue weighted by atomic mass is 19.3. The van der Waals surface area contributed by atoms with Crippen LogP contribution in [0.4, 0.5) is 14.5 Å². The van der Waals surface area contributed by atoms with E-state index in [9.17, 15) is 13.6 Å². The Morgan fingerprint density at radius 3 is 2.80 bits per heavy atom. The molecule has 1 aromatic rings. The van der Waals surface area contributed by atoms with Crippen LogP contribution in [0, 0.1) is 5.92 Å². The summed E-state index contributed by atoms with van der Waals surface area (Å²) in [5, 5.41) is 2.96. The van der Waals surface area contributed by atoms with Gasteiger partial charge in [0.1, 0.15) is 0 Å². The highest BCUT2D eigenvalue weighted by Gasteiger charge is 2.43. The van der Waals surface area contributed by atoms with E-state index in [4.69, 9.17) is 4.74 Å². The smallest absolute Gasteiger partial charge is 0.466 e. The first kappa shape index (κ1) is 14.4. The highest BCUT2D eigenvalue weighted by molar-refractivity contribution is 5.72. The zero-order valence-electron chi connectivity index (χ0n) is 11.1. The first-order valence-corrected chi connectivity index (χ1v) is 6.21. The number of nitrogens with one attached hydrogen (secondary N) is 1. The number of benzene rings is 1. The highest BCUT2D eigenvalue weighted by Crippen LogP contribution is 2.42. The van der Waals surface area contributed by atoms with Gasteiger partial charge >= 0.3 is 12.3 Å². The number of carbonyl (C=O) groups is 1. The zero-order chi connectivity index (χ0) is 14.8. The number of hydrogen-bond acceptors (Lipinski definition) is 5. The molecule has 0 fully saturated rings. The molecular weight excluding hydrogens is 272 g/mol. The molecule has 1 aliphatic rings. The first-order chi connectivity index (χ1) is 9.41. The third-order valence-electron chi connectivity index (χ3n) is 2.70. The van der Waals surface area contributed by atoms with Crippen molar-refractivity contribution in [3.63, 3.8) is 0 Å². The number of alkyl halides is 2. The predicted octanol–water partition coefficient (Wildman–Crippen LogP) is 2.62. The summed E-state index contributed by atoms with van der Waals surface area (Å²) < 4.78 is 39.2. The number of rotatable bonds is 5. The lowest BCUT2D eigenvalue weighted by molar-refractivity contribution is -0.286. The van der Waals surface area contributed by atoms with Gasteiger partial charge in [0.25, 0.3) is 0 Å². The number of hydrogen-bond donors (Lipinski definition) is 1. The van der Waals surface area contributed by atoms with Gasteiger partial charge in [0.05, 0.1) is 12.5 Å². The number of ether oxygens (including phenoxy) is 3. The quantitative estimate of drug-likeness (QED) is 0.844. The van der Waals surface area contributed by atoms with Crippen molar-refractivity contribution in [3.8, 4) is 11.5 Å². The molecule has 0 radical (unpaired) electrons. The van der Waals surface area contributed by atoms with Crippen molar-refractivity contribution >= 4 is 11.7 Å². The number of fused-ring (bicyclic) bond motifs is 1. The van der Waals surface area contributed by atoms with Gasteiger partial charge in [-0.1, -0.05) is 6.92 Å². The normalized spacial score (nSPS) is 16.6. The summed E-state index contributed by atoms with van der Waals surface area (Å²) in [6.45, 7) is 4.10. The number of halogens is 2. The van der Waals surface area contributed by atoms with Crippen LogP contribution in [0.15, 0.2) is 18.2 Å². The minimum atomic E-state index is -3.63. The van der Waals surface area contributed by atoms with E-state index in [1.54, 1.807) is 19.9 Å². The van der Waals surface area contributed by atoms with Gasteiger partial charge < -0.3 is 19.5 Å². The lowest BCUT2D eigenvalue weighted by Gasteiger charge is -2.12. The van der Waals surface area contributed by atoms with Gasteiger partial charge in [-0.25, -0.2) is 0 Å². The molecule has 1 heterocycles. The van der Waals surface area contributed by atoms with Crippen molar-refractivity contribution in [1.82, 2.24) is 0 Å². The molecular formula is C13H15F2NO4. The fourth-order valence-corrected chi connectivity index (χ4v) is 1.70. The molecule has 1 unspecified atom stereocenters. The molecule has 7 heteroatoms. The molecule has 5 nitrogen and oxygen atoms in total. The molecule has 0 spiro atoms. The molecule has 110 valence electrons. The van der Waals surface area contributed by atoms with Crippen LogP contribution in [-0.2, 0) is 9.53 Å². The summed E-state index contributed by atoms with van der Waals surface area (Å²) in [4.78, 5) is 11.4. The van der Waals surface area contributed by atoms with Gasteiger partial charge in [-0.05, 0) is 19.1 Å². The van der Waals surface area contributed by atoms with Gasteiger partial charge in [0.2, 0.25) is 0 Å². The van der Waals surface area contributed by atoms with Crippen LogP contribution in [0.2, 0.25) is 0 Å². The van der Waals surface area contributed by atoms with E-state index in [0.717, 1.165) is 0 Å². The fraction of sp³-hybridized carbons (Fsp3) is 0.462. The third-order valence-corrected chi connectivity index (χ3v) is 2.70. The maximum atomic E-state index is 12.8. The first-order valence-electron chi connectivity index (χ1n) is 6.21. The van der Waals surface area contributed by atoms with Crippen LogP contribution in [0.25, 0.3) is 0 Å². The summed E-state index contributed by atoms with van der Waals surface area (Å²) in [6, 6.07) is 4.35. The van der Waals surface area contributed by atoms with Crippen molar-refractivity contribution in [2.24, 2.45) is 5.92 Å². The zero-order valence-corrected chi connectivity index (χ0v) is 11.1. The van der Waals surface area contributed by atoms with E-state index in [0.29, 0.717) is 18.8 Å². The van der Waals surface area contributed by atoms with Crippen molar-refractivity contribution < 1.29 is 27.8 Å². The maximum absolute atomic E-state index is 12.8. The molecule has 20 heavy (non-hydrogen) atoms. The molecule has 0 saturated carbocycles. The summed E-state index contributed by atoms with van der Waals surface area (Å²) in [5.74, 6) is -0.711. The Labute approximate surface area is 114 Å². The van der Waals surface area contributed by atoms with Crippen molar-refractivity contribution in [1.29, 1.82) is 0 Å². The number of carbonyl (C=O) groups excluding carboxylic acids is 1. The maximum Gasteiger partial charge on any atom is 0.586 e. The average molecular weight is 287 g/mol. The van der Waals surface area contributed by atoms with E-state index in [2.05, 4.69) is 14.8 Å². The molecule has 1 aromatic carbocycles. The Hall–Kier alpha value is -2.05. The SMILES string of the molecule is CCOC(=O)C(C)CNc1ccc2c(c1)OC(F)(F)O2. The Bertz CT molecular complexity index is 507. The summed E-state index contributed by atoms with van der Waals surface area (Å²) in [5.41, 5.74) is 0.557. The molecule has 0 amide bonds.